The van der Waals surface area contributed by atoms with Crippen LogP contribution in [0.15, 0.2) is 54.7 Å². The van der Waals surface area contributed by atoms with Gasteiger partial charge in [0.25, 0.3) is 5.91 Å². The molecule has 2 N–H and O–H groups in total. The molecular formula is C20H14ClF2N3O2. The number of pyridine rings is 1. The molecule has 1 heterocycles. The minimum absolute atomic E-state index is 0.314. The number of benzene rings is 2. The molecule has 0 bridgehead atoms. The van der Waals surface area contributed by atoms with Crippen molar-refractivity contribution in [3.8, 4) is 11.3 Å². The van der Waals surface area contributed by atoms with Gasteiger partial charge >= 0.3 is 6.03 Å². The first kappa shape index (κ1) is 19.4. The Hall–Kier alpha value is -3.32. The molecule has 0 aliphatic rings. The smallest absolute Gasteiger partial charge is 0.306 e. The highest BCUT2D eigenvalue weighted by Gasteiger charge is 2.19. The molecule has 142 valence electrons. The zero-order valence-corrected chi connectivity index (χ0v) is 15.3. The minimum Gasteiger partial charge on any atom is -0.306 e. The van der Waals surface area contributed by atoms with Gasteiger partial charge in [-0.3, -0.25) is 15.1 Å². The van der Waals surface area contributed by atoms with Crippen LogP contribution < -0.4 is 10.6 Å². The van der Waals surface area contributed by atoms with Crippen molar-refractivity contribution >= 4 is 29.2 Å². The first-order chi connectivity index (χ1) is 13.3. The number of imide groups is 1. The first-order valence-electron chi connectivity index (χ1n) is 8.14. The third-order valence-corrected chi connectivity index (χ3v) is 4.12. The van der Waals surface area contributed by atoms with Crippen LogP contribution in [0, 0.1) is 18.6 Å². The number of amides is 3. The summed E-state index contributed by atoms with van der Waals surface area (Å²) in [5.41, 5.74) is 1.81. The van der Waals surface area contributed by atoms with E-state index in [4.69, 9.17) is 11.6 Å². The Labute approximate surface area is 164 Å². The third-order valence-electron chi connectivity index (χ3n) is 3.87. The Kier molecular flexibility index (Phi) is 5.65. The van der Waals surface area contributed by atoms with Crippen LogP contribution >= 0.6 is 11.6 Å². The van der Waals surface area contributed by atoms with E-state index in [1.807, 2.05) is 17.4 Å². The van der Waals surface area contributed by atoms with Crippen LogP contribution in [-0.4, -0.2) is 16.9 Å². The summed E-state index contributed by atoms with van der Waals surface area (Å²) in [6.45, 7) is 1.81. The summed E-state index contributed by atoms with van der Waals surface area (Å²) in [5.74, 6) is -3.30. The highest BCUT2D eigenvalue weighted by Crippen LogP contribution is 2.24. The second-order valence-corrected chi connectivity index (χ2v) is 6.34. The van der Waals surface area contributed by atoms with E-state index >= 15 is 0 Å². The third kappa shape index (κ3) is 4.32. The fraction of sp³-hybridized carbons (Fsp3) is 0.0500. The van der Waals surface area contributed by atoms with Crippen molar-refractivity contribution in [2.75, 3.05) is 5.32 Å². The number of anilines is 1. The van der Waals surface area contributed by atoms with Crippen molar-refractivity contribution in [2.45, 2.75) is 6.92 Å². The summed E-state index contributed by atoms with van der Waals surface area (Å²) in [7, 11) is 0. The van der Waals surface area contributed by atoms with Gasteiger partial charge in [0.05, 0.1) is 17.6 Å². The monoisotopic (exact) mass is 401 g/mol. The number of nitrogens with one attached hydrogen (secondary N) is 2. The molecule has 0 aliphatic heterocycles. The Morgan fingerprint density at radius 3 is 2.29 bits per heavy atom. The zero-order chi connectivity index (χ0) is 20.3. The lowest BCUT2D eigenvalue weighted by Gasteiger charge is -2.10. The number of hydrogen-bond donors (Lipinski definition) is 2. The molecule has 1 aromatic heterocycles. The van der Waals surface area contributed by atoms with Gasteiger partial charge in [-0.1, -0.05) is 29.8 Å². The van der Waals surface area contributed by atoms with Crippen LogP contribution in [0.5, 0.6) is 0 Å². The van der Waals surface area contributed by atoms with Crippen molar-refractivity contribution in [3.05, 3.63) is 82.5 Å². The maximum atomic E-state index is 13.6. The van der Waals surface area contributed by atoms with Crippen molar-refractivity contribution in [1.29, 1.82) is 0 Å². The molecule has 2 aromatic carbocycles. The van der Waals surface area contributed by atoms with Crippen molar-refractivity contribution < 1.29 is 18.4 Å². The maximum Gasteiger partial charge on any atom is 0.326 e. The Bertz CT molecular complexity index is 1040. The van der Waals surface area contributed by atoms with Gasteiger partial charge in [-0.2, -0.15) is 0 Å². The molecule has 0 atom stereocenters. The second kappa shape index (κ2) is 8.14. The van der Waals surface area contributed by atoms with Gasteiger partial charge in [0.2, 0.25) is 0 Å². The molecule has 0 saturated carbocycles. The van der Waals surface area contributed by atoms with Crippen molar-refractivity contribution in [3.63, 3.8) is 0 Å². The maximum absolute atomic E-state index is 13.6. The van der Waals surface area contributed by atoms with Crippen LogP contribution in [0.3, 0.4) is 0 Å². The lowest BCUT2D eigenvalue weighted by Crippen LogP contribution is -2.35. The van der Waals surface area contributed by atoms with Gasteiger partial charge in [0.15, 0.2) is 0 Å². The molecule has 8 heteroatoms. The molecular weight excluding hydrogens is 388 g/mol. The fourth-order valence-electron chi connectivity index (χ4n) is 2.60. The van der Waals surface area contributed by atoms with Crippen LogP contribution in [0.4, 0.5) is 19.3 Å². The number of halogens is 3. The summed E-state index contributed by atoms with van der Waals surface area (Å²) in [6, 6.07) is 10.8. The van der Waals surface area contributed by atoms with Crippen LogP contribution in [-0.2, 0) is 0 Å². The number of urea groups is 1. The van der Waals surface area contributed by atoms with E-state index in [0.29, 0.717) is 16.4 Å². The van der Waals surface area contributed by atoms with Gasteiger partial charge in [-0.25, -0.2) is 13.6 Å². The number of hydrogen-bond acceptors (Lipinski definition) is 3. The predicted molar refractivity (Wildman–Crippen MR) is 102 cm³/mol. The summed E-state index contributed by atoms with van der Waals surface area (Å²) in [6.07, 6.45) is 1.41. The molecule has 3 rings (SSSR count). The molecule has 3 aromatic rings. The van der Waals surface area contributed by atoms with Gasteiger partial charge in [-0.05, 0) is 42.8 Å². The average Bonchev–Trinajstić information content (AvgIpc) is 2.62. The Morgan fingerprint density at radius 2 is 1.68 bits per heavy atom. The summed E-state index contributed by atoms with van der Waals surface area (Å²) < 4.78 is 27.2. The van der Waals surface area contributed by atoms with Gasteiger partial charge < -0.3 is 5.32 Å². The Balaban J connectivity index is 1.71. The van der Waals surface area contributed by atoms with E-state index in [-0.39, 0.29) is 0 Å². The van der Waals surface area contributed by atoms with E-state index in [0.717, 1.165) is 29.3 Å². The van der Waals surface area contributed by atoms with Crippen molar-refractivity contribution in [2.24, 2.45) is 0 Å². The van der Waals surface area contributed by atoms with E-state index in [2.05, 4.69) is 10.3 Å². The molecule has 0 aliphatic carbocycles. The van der Waals surface area contributed by atoms with Crippen LogP contribution in [0.2, 0.25) is 5.02 Å². The lowest BCUT2D eigenvalue weighted by atomic mass is 10.1. The predicted octanol–water partition coefficient (Wildman–Crippen LogP) is 4.95. The summed E-state index contributed by atoms with van der Waals surface area (Å²) in [5, 5.41) is 4.90. The largest absolute Gasteiger partial charge is 0.326 e. The van der Waals surface area contributed by atoms with E-state index < -0.39 is 29.1 Å². The number of carbonyl (C=O) groups is 2. The fourth-order valence-corrected chi connectivity index (χ4v) is 2.72. The van der Waals surface area contributed by atoms with Gasteiger partial charge in [0, 0.05) is 10.6 Å². The SMILES string of the molecule is Cc1cc(NC(=O)NC(=O)c2c(F)cccc2F)cnc1-c1ccc(Cl)cc1. The number of carbonyl (C=O) groups excluding carboxylic acids is 2. The van der Waals surface area contributed by atoms with Gasteiger partial charge in [0.1, 0.15) is 17.2 Å². The first-order valence-corrected chi connectivity index (χ1v) is 8.52. The van der Waals surface area contributed by atoms with Crippen LogP contribution in [0.25, 0.3) is 11.3 Å². The number of rotatable bonds is 3. The summed E-state index contributed by atoms with van der Waals surface area (Å²) >= 11 is 5.88. The van der Waals surface area contributed by atoms with E-state index in [9.17, 15) is 18.4 Å². The highest BCUT2D eigenvalue weighted by molar-refractivity contribution is 6.30. The number of nitrogens with zero attached hydrogens (tertiary/aromatic N) is 1. The molecule has 5 nitrogen and oxygen atoms in total. The number of aryl methyl sites for hydroxylation is 1. The normalized spacial score (nSPS) is 10.4. The number of aromatic nitrogens is 1. The van der Waals surface area contributed by atoms with Crippen molar-refractivity contribution in [1.82, 2.24) is 10.3 Å². The molecule has 0 spiro atoms. The van der Waals surface area contributed by atoms with Crippen LogP contribution in [0.1, 0.15) is 15.9 Å². The van der Waals surface area contributed by atoms with Gasteiger partial charge in [-0.15, -0.1) is 0 Å². The highest BCUT2D eigenvalue weighted by atomic mass is 35.5. The Morgan fingerprint density at radius 1 is 1.04 bits per heavy atom. The second-order valence-electron chi connectivity index (χ2n) is 5.90. The molecule has 0 fully saturated rings. The lowest BCUT2D eigenvalue weighted by molar-refractivity contribution is 0.0959. The van der Waals surface area contributed by atoms with E-state index in [1.54, 1.807) is 25.1 Å². The van der Waals surface area contributed by atoms with E-state index in [1.165, 1.54) is 6.20 Å². The molecule has 0 radical (unpaired) electrons. The standard InChI is InChI=1S/C20H14ClF2N3O2/c1-11-9-14(10-24-18(11)12-5-7-13(21)8-6-12)25-20(28)26-19(27)17-15(22)3-2-4-16(17)23/h2-10H,1H3,(H2,25,26,27,28). The minimum atomic E-state index is -1.18. The average molecular weight is 402 g/mol. The quantitative estimate of drug-likeness (QED) is 0.652. The molecule has 28 heavy (non-hydrogen) atoms. The summed E-state index contributed by atoms with van der Waals surface area (Å²) in [4.78, 5) is 28.2. The topological polar surface area (TPSA) is 71.1 Å². The zero-order valence-electron chi connectivity index (χ0n) is 14.6. The molecule has 3 amide bonds. The molecule has 0 saturated heterocycles. The molecule has 0 unspecified atom stereocenters.